The zero-order valence-corrected chi connectivity index (χ0v) is 9.73. The lowest BCUT2D eigenvalue weighted by Gasteiger charge is -2.08. The van der Waals surface area contributed by atoms with Crippen molar-refractivity contribution in [1.82, 2.24) is 4.90 Å². The number of carbonyl (C=O) groups excluding carboxylic acids is 2. The summed E-state index contributed by atoms with van der Waals surface area (Å²) in [5, 5.41) is 0. The van der Waals surface area contributed by atoms with Crippen LogP contribution in [-0.2, 0) is 4.79 Å². The highest BCUT2D eigenvalue weighted by Gasteiger charge is 2.16. The predicted octanol–water partition coefficient (Wildman–Crippen LogP) is 1.90. The van der Waals surface area contributed by atoms with E-state index < -0.39 is 0 Å². The average Bonchev–Trinajstić information content (AvgIpc) is 2.25. The Bertz CT molecular complexity index is 419. The lowest BCUT2D eigenvalue weighted by molar-refractivity contribution is -0.113. The third-order valence-electron chi connectivity index (χ3n) is 2.05. The maximum Gasteiger partial charge on any atom is 0.198 e. The molecule has 0 spiro atoms. The summed E-state index contributed by atoms with van der Waals surface area (Å²) in [6, 6.07) is 8.80. The summed E-state index contributed by atoms with van der Waals surface area (Å²) in [5.74, 6) is -0.454. The molecular formula is C13H15NO2. The van der Waals surface area contributed by atoms with Crippen LogP contribution in [-0.4, -0.2) is 30.6 Å². The average molecular weight is 217 g/mol. The summed E-state index contributed by atoms with van der Waals surface area (Å²) >= 11 is 0. The number of Topliss-reactive ketones (excluding diaryl/α,β-unsaturated/α-hetero) is 2. The zero-order chi connectivity index (χ0) is 12.1. The molecule has 1 rings (SSSR count). The smallest absolute Gasteiger partial charge is 0.198 e. The van der Waals surface area contributed by atoms with Crippen LogP contribution in [0.15, 0.2) is 42.1 Å². The topological polar surface area (TPSA) is 37.4 Å². The molecule has 0 aliphatic carbocycles. The number of hydrogen-bond donors (Lipinski definition) is 0. The molecule has 3 nitrogen and oxygen atoms in total. The molecule has 16 heavy (non-hydrogen) atoms. The maximum absolute atomic E-state index is 12.0. The number of allylic oxidation sites excluding steroid dienone is 1. The van der Waals surface area contributed by atoms with Crippen molar-refractivity contribution >= 4 is 11.6 Å². The van der Waals surface area contributed by atoms with Crippen LogP contribution in [0.2, 0.25) is 0 Å². The van der Waals surface area contributed by atoms with Crippen LogP contribution in [0.4, 0.5) is 0 Å². The third kappa shape index (κ3) is 3.05. The van der Waals surface area contributed by atoms with E-state index in [0.29, 0.717) is 5.56 Å². The lowest BCUT2D eigenvalue weighted by atomic mass is 10.0. The molecule has 0 saturated heterocycles. The van der Waals surface area contributed by atoms with Gasteiger partial charge in [-0.05, 0) is 6.92 Å². The number of carbonyl (C=O) groups is 2. The quantitative estimate of drug-likeness (QED) is 0.334. The minimum atomic E-state index is -0.234. The molecule has 1 aromatic carbocycles. The molecule has 0 N–H and O–H groups in total. The summed E-state index contributed by atoms with van der Waals surface area (Å²) in [4.78, 5) is 25.1. The molecule has 84 valence electrons. The Kier molecular flexibility index (Phi) is 4.00. The monoisotopic (exact) mass is 217 g/mol. The Morgan fingerprint density at radius 1 is 1.12 bits per heavy atom. The van der Waals surface area contributed by atoms with E-state index in [-0.39, 0.29) is 17.1 Å². The van der Waals surface area contributed by atoms with Crippen molar-refractivity contribution in [2.75, 3.05) is 14.1 Å². The summed E-state index contributed by atoms with van der Waals surface area (Å²) in [6.45, 7) is 1.40. The standard InChI is InChI=1S/C13H15NO2/c1-10(15)12(9-14(2)3)13(16)11-7-5-4-6-8-11/h4-9H,1-3H3/b12-9-. The van der Waals surface area contributed by atoms with Crippen molar-refractivity contribution in [3.63, 3.8) is 0 Å². The molecule has 0 aliphatic rings. The minimum Gasteiger partial charge on any atom is -0.383 e. The second-order valence-electron chi connectivity index (χ2n) is 3.76. The molecule has 3 heteroatoms. The van der Waals surface area contributed by atoms with Crippen LogP contribution in [0.25, 0.3) is 0 Å². The van der Waals surface area contributed by atoms with Crippen molar-refractivity contribution in [3.05, 3.63) is 47.7 Å². The molecule has 0 fully saturated rings. The fraction of sp³-hybridized carbons (Fsp3) is 0.231. The zero-order valence-electron chi connectivity index (χ0n) is 9.73. The van der Waals surface area contributed by atoms with Gasteiger partial charge in [-0.25, -0.2) is 0 Å². The second-order valence-corrected chi connectivity index (χ2v) is 3.76. The molecule has 0 heterocycles. The van der Waals surface area contributed by atoms with Gasteiger partial charge in [0, 0.05) is 25.9 Å². The van der Waals surface area contributed by atoms with E-state index in [1.165, 1.54) is 6.92 Å². The van der Waals surface area contributed by atoms with Gasteiger partial charge in [0.05, 0.1) is 5.57 Å². The van der Waals surface area contributed by atoms with Crippen LogP contribution in [0.1, 0.15) is 17.3 Å². The normalized spacial score (nSPS) is 11.1. The van der Waals surface area contributed by atoms with Crippen LogP contribution >= 0.6 is 0 Å². The predicted molar refractivity (Wildman–Crippen MR) is 63.2 cm³/mol. The van der Waals surface area contributed by atoms with Gasteiger partial charge in [0.25, 0.3) is 0 Å². The van der Waals surface area contributed by atoms with E-state index in [2.05, 4.69) is 0 Å². The van der Waals surface area contributed by atoms with Crippen LogP contribution in [0, 0.1) is 0 Å². The summed E-state index contributed by atoms with van der Waals surface area (Å²) in [7, 11) is 3.56. The summed E-state index contributed by atoms with van der Waals surface area (Å²) < 4.78 is 0. The number of benzene rings is 1. The van der Waals surface area contributed by atoms with Gasteiger partial charge in [-0.2, -0.15) is 0 Å². The fourth-order valence-corrected chi connectivity index (χ4v) is 1.31. The van der Waals surface area contributed by atoms with E-state index in [1.54, 1.807) is 49.5 Å². The first-order chi connectivity index (χ1) is 7.52. The summed E-state index contributed by atoms with van der Waals surface area (Å²) in [6.07, 6.45) is 1.55. The molecule has 0 unspecified atom stereocenters. The van der Waals surface area contributed by atoms with Crippen LogP contribution in [0.3, 0.4) is 0 Å². The Hall–Kier alpha value is -1.90. The number of rotatable bonds is 4. The van der Waals surface area contributed by atoms with Gasteiger partial charge in [-0.3, -0.25) is 9.59 Å². The molecular weight excluding hydrogens is 202 g/mol. The van der Waals surface area contributed by atoms with E-state index in [1.807, 2.05) is 6.07 Å². The molecule has 0 saturated carbocycles. The molecule has 0 aromatic heterocycles. The third-order valence-corrected chi connectivity index (χ3v) is 2.05. The Morgan fingerprint density at radius 2 is 1.69 bits per heavy atom. The fourth-order valence-electron chi connectivity index (χ4n) is 1.31. The van der Waals surface area contributed by atoms with Crippen LogP contribution < -0.4 is 0 Å². The highest BCUT2D eigenvalue weighted by Crippen LogP contribution is 2.09. The molecule has 0 atom stereocenters. The van der Waals surface area contributed by atoms with Gasteiger partial charge in [0.15, 0.2) is 11.6 Å². The van der Waals surface area contributed by atoms with E-state index in [4.69, 9.17) is 0 Å². The van der Waals surface area contributed by atoms with Crippen molar-refractivity contribution in [3.8, 4) is 0 Å². The first-order valence-electron chi connectivity index (χ1n) is 5.01. The molecule has 0 amide bonds. The number of hydrogen-bond acceptors (Lipinski definition) is 3. The Balaban J connectivity index is 3.07. The van der Waals surface area contributed by atoms with Crippen molar-refractivity contribution in [2.24, 2.45) is 0 Å². The highest BCUT2D eigenvalue weighted by molar-refractivity contribution is 6.25. The highest BCUT2D eigenvalue weighted by atomic mass is 16.1. The Labute approximate surface area is 95.4 Å². The number of ketones is 2. The van der Waals surface area contributed by atoms with Gasteiger partial charge in [-0.1, -0.05) is 30.3 Å². The van der Waals surface area contributed by atoms with Gasteiger partial charge < -0.3 is 4.90 Å². The SMILES string of the molecule is CC(=O)/C(=C/N(C)C)C(=O)c1ccccc1. The maximum atomic E-state index is 12.0. The Morgan fingerprint density at radius 3 is 2.12 bits per heavy atom. The van der Waals surface area contributed by atoms with Crippen molar-refractivity contribution < 1.29 is 9.59 Å². The van der Waals surface area contributed by atoms with E-state index in [9.17, 15) is 9.59 Å². The molecule has 0 radical (unpaired) electrons. The minimum absolute atomic E-state index is 0.205. The second kappa shape index (κ2) is 5.26. The van der Waals surface area contributed by atoms with Gasteiger partial charge in [0.1, 0.15) is 0 Å². The van der Waals surface area contributed by atoms with Crippen molar-refractivity contribution in [2.45, 2.75) is 6.92 Å². The molecule has 1 aromatic rings. The molecule has 0 aliphatic heterocycles. The lowest BCUT2D eigenvalue weighted by Crippen LogP contribution is -2.15. The van der Waals surface area contributed by atoms with Gasteiger partial charge in [-0.15, -0.1) is 0 Å². The first kappa shape index (κ1) is 12.2. The van der Waals surface area contributed by atoms with Gasteiger partial charge in [0.2, 0.25) is 0 Å². The van der Waals surface area contributed by atoms with Crippen molar-refractivity contribution in [1.29, 1.82) is 0 Å². The molecule has 0 bridgehead atoms. The van der Waals surface area contributed by atoms with E-state index >= 15 is 0 Å². The van der Waals surface area contributed by atoms with Crippen LogP contribution in [0.5, 0.6) is 0 Å². The van der Waals surface area contributed by atoms with E-state index in [0.717, 1.165) is 0 Å². The number of nitrogens with zero attached hydrogens (tertiary/aromatic N) is 1. The summed E-state index contributed by atoms with van der Waals surface area (Å²) in [5.41, 5.74) is 0.738. The van der Waals surface area contributed by atoms with Gasteiger partial charge >= 0.3 is 0 Å². The largest absolute Gasteiger partial charge is 0.383 e. The first-order valence-corrected chi connectivity index (χ1v) is 5.01.